The van der Waals surface area contributed by atoms with Crippen LogP contribution in [-0.2, 0) is 14.9 Å². The lowest BCUT2D eigenvalue weighted by atomic mass is 9.42. The van der Waals surface area contributed by atoms with Gasteiger partial charge in [0.05, 0.1) is 6.42 Å². The Kier molecular flexibility index (Phi) is 1.97. The van der Waals surface area contributed by atoms with Gasteiger partial charge in [-0.1, -0.05) is 30.3 Å². The Balaban J connectivity index is 1.63. The van der Waals surface area contributed by atoms with E-state index >= 15 is 0 Å². The maximum atomic E-state index is 11.9. The van der Waals surface area contributed by atoms with Crippen molar-refractivity contribution in [1.29, 1.82) is 0 Å². The summed E-state index contributed by atoms with van der Waals surface area (Å²) in [6, 6.07) is 11.0. The Hall–Kier alpha value is -1.31. The van der Waals surface area contributed by atoms with Crippen molar-refractivity contribution in [3.8, 4) is 0 Å². The molecule has 0 radical (unpaired) electrons. The average molecular weight is 268 g/mol. The summed E-state index contributed by atoms with van der Waals surface area (Å²) in [6.07, 6.45) is 7.17. The lowest BCUT2D eigenvalue weighted by Gasteiger charge is -2.62. The fourth-order valence-corrected chi connectivity index (χ4v) is 6.36. The fourth-order valence-electron chi connectivity index (χ4n) is 6.36. The molecule has 1 aliphatic heterocycles. The van der Waals surface area contributed by atoms with Crippen LogP contribution in [0.1, 0.15) is 44.1 Å². The molecule has 4 bridgehead atoms. The molecule has 1 spiro atoms. The van der Waals surface area contributed by atoms with Gasteiger partial charge in [-0.05, 0) is 54.9 Å². The van der Waals surface area contributed by atoms with Gasteiger partial charge in [-0.3, -0.25) is 4.79 Å². The number of ether oxygens (including phenoxy) is 1. The van der Waals surface area contributed by atoms with Gasteiger partial charge in [0.15, 0.2) is 0 Å². The second-order valence-corrected chi connectivity index (χ2v) is 7.75. The van der Waals surface area contributed by atoms with Crippen molar-refractivity contribution < 1.29 is 9.53 Å². The molecule has 1 aromatic rings. The van der Waals surface area contributed by atoms with Gasteiger partial charge in [0, 0.05) is 5.41 Å². The minimum Gasteiger partial charge on any atom is -0.461 e. The maximum absolute atomic E-state index is 11.9. The highest BCUT2D eigenvalue weighted by molar-refractivity contribution is 5.73. The van der Waals surface area contributed by atoms with Crippen molar-refractivity contribution in [3.05, 3.63) is 35.9 Å². The molecule has 5 atom stereocenters. The Bertz CT molecular complexity index is 580. The second kappa shape index (κ2) is 3.47. The lowest BCUT2D eigenvalue weighted by Crippen LogP contribution is -2.59. The lowest BCUT2D eigenvalue weighted by molar-refractivity contribution is -0.160. The van der Waals surface area contributed by atoms with E-state index in [0.29, 0.717) is 17.8 Å². The van der Waals surface area contributed by atoms with Crippen molar-refractivity contribution in [1.82, 2.24) is 0 Å². The zero-order valence-electron chi connectivity index (χ0n) is 11.7. The summed E-state index contributed by atoms with van der Waals surface area (Å²) >= 11 is 0. The van der Waals surface area contributed by atoms with Crippen molar-refractivity contribution in [2.75, 3.05) is 0 Å². The molecule has 4 aliphatic carbocycles. The molecule has 0 N–H and O–H groups in total. The number of hydrogen-bond donors (Lipinski definition) is 0. The van der Waals surface area contributed by atoms with Gasteiger partial charge in [0.2, 0.25) is 0 Å². The summed E-state index contributed by atoms with van der Waals surface area (Å²) < 4.78 is 5.73. The predicted molar refractivity (Wildman–Crippen MR) is 75.1 cm³/mol. The summed E-state index contributed by atoms with van der Waals surface area (Å²) in [5.41, 5.74) is 2.01. The highest BCUT2D eigenvalue weighted by atomic mass is 16.6. The van der Waals surface area contributed by atoms with E-state index in [1.54, 1.807) is 0 Å². The molecular weight excluding hydrogens is 248 g/mol. The van der Waals surface area contributed by atoms with E-state index in [-0.39, 0.29) is 17.5 Å². The smallest absolute Gasteiger partial charge is 0.306 e. The topological polar surface area (TPSA) is 26.3 Å². The van der Waals surface area contributed by atoms with Crippen molar-refractivity contribution in [3.63, 3.8) is 0 Å². The summed E-state index contributed by atoms with van der Waals surface area (Å²) in [5.74, 6) is 1.49. The first kappa shape index (κ1) is 11.4. The van der Waals surface area contributed by atoms with Crippen LogP contribution >= 0.6 is 0 Å². The molecule has 4 saturated carbocycles. The van der Waals surface area contributed by atoms with E-state index in [9.17, 15) is 4.79 Å². The number of benzene rings is 1. The van der Waals surface area contributed by atoms with Crippen LogP contribution in [-0.4, -0.2) is 12.1 Å². The van der Waals surface area contributed by atoms with Crippen LogP contribution in [0.5, 0.6) is 0 Å². The predicted octanol–water partition coefficient (Wildman–Crippen LogP) is 3.45. The van der Waals surface area contributed by atoms with Crippen LogP contribution in [0.4, 0.5) is 0 Å². The van der Waals surface area contributed by atoms with Gasteiger partial charge >= 0.3 is 5.97 Å². The fraction of sp³-hybridized carbons (Fsp3) is 0.611. The number of hydrogen-bond acceptors (Lipinski definition) is 2. The molecule has 1 saturated heterocycles. The van der Waals surface area contributed by atoms with Gasteiger partial charge < -0.3 is 4.74 Å². The second-order valence-electron chi connectivity index (χ2n) is 7.75. The zero-order valence-corrected chi connectivity index (χ0v) is 11.7. The van der Waals surface area contributed by atoms with E-state index in [1.807, 2.05) is 0 Å². The monoisotopic (exact) mass is 268 g/mol. The molecule has 1 aromatic carbocycles. The largest absolute Gasteiger partial charge is 0.461 e. The number of esters is 1. The van der Waals surface area contributed by atoms with Gasteiger partial charge in [0.1, 0.15) is 6.10 Å². The van der Waals surface area contributed by atoms with Gasteiger partial charge in [0.25, 0.3) is 0 Å². The Morgan fingerprint density at radius 2 is 1.95 bits per heavy atom. The molecule has 5 fully saturated rings. The molecule has 4 unspecified atom stereocenters. The van der Waals surface area contributed by atoms with Gasteiger partial charge in [-0.2, -0.15) is 0 Å². The normalized spacial score (nSPS) is 48.2. The van der Waals surface area contributed by atoms with Crippen LogP contribution in [0.2, 0.25) is 0 Å². The van der Waals surface area contributed by atoms with E-state index in [4.69, 9.17) is 4.74 Å². The Morgan fingerprint density at radius 1 is 1.10 bits per heavy atom. The maximum Gasteiger partial charge on any atom is 0.306 e. The summed E-state index contributed by atoms with van der Waals surface area (Å²) in [5, 5.41) is 0. The SMILES string of the molecule is O=C1CC23CC4CC(CC(c5ccccc5)(C4)C2)[C@H]3O1. The van der Waals surface area contributed by atoms with Crippen LogP contribution in [0, 0.1) is 17.3 Å². The third-order valence-corrected chi connectivity index (χ3v) is 6.53. The zero-order chi connectivity index (χ0) is 13.4. The number of carbonyl (C=O) groups is 1. The number of carbonyl (C=O) groups excluding carboxylic acids is 1. The molecule has 5 aliphatic rings. The summed E-state index contributed by atoms with van der Waals surface area (Å²) in [4.78, 5) is 11.9. The molecule has 2 nitrogen and oxygen atoms in total. The minimum absolute atomic E-state index is 0.0615. The van der Waals surface area contributed by atoms with Crippen LogP contribution in [0.3, 0.4) is 0 Å². The van der Waals surface area contributed by atoms with Gasteiger partial charge in [-0.15, -0.1) is 0 Å². The summed E-state index contributed by atoms with van der Waals surface area (Å²) in [6.45, 7) is 0. The van der Waals surface area contributed by atoms with E-state index in [2.05, 4.69) is 30.3 Å². The van der Waals surface area contributed by atoms with E-state index < -0.39 is 0 Å². The van der Waals surface area contributed by atoms with Crippen LogP contribution in [0.25, 0.3) is 0 Å². The molecular formula is C18H20O2. The molecule has 104 valence electrons. The van der Waals surface area contributed by atoms with Crippen LogP contribution < -0.4 is 0 Å². The van der Waals surface area contributed by atoms with E-state index in [0.717, 1.165) is 5.92 Å². The average Bonchev–Trinajstić information content (AvgIpc) is 2.75. The van der Waals surface area contributed by atoms with Crippen LogP contribution in [0.15, 0.2) is 30.3 Å². The molecule has 2 heteroatoms. The Labute approximate surface area is 119 Å². The molecule has 0 amide bonds. The van der Waals surface area contributed by atoms with Crippen molar-refractivity contribution in [2.45, 2.75) is 50.0 Å². The first-order chi connectivity index (χ1) is 9.69. The quantitative estimate of drug-likeness (QED) is 0.729. The Morgan fingerprint density at radius 3 is 2.80 bits per heavy atom. The first-order valence-electron chi connectivity index (χ1n) is 7.94. The van der Waals surface area contributed by atoms with Crippen molar-refractivity contribution in [2.24, 2.45) is 17.3 Å². The van der Waals surface area contributed by atoms with Gasteiger partial charge in [-0.25, -0.2) is 0 Å². The third kappa shape index (κ3) is 1.28. The molecule has 1 heterocycles. The molecule has 0 aromatic heterocycles. The summed E-state index contributed by atoms with van der Waals surface area (Å²) in [7, 11) is 0. The standard InChI is InChI=1S/C18H20O2/c19-15-10-18-8-12-6-13(16(18)20-15)9-17(7-12,11-18)14-4-2-1-3-5-14/h1-5,12-13,16H,6-11H2/t12?,13?,16-,17?,18?/m1/s1. The molecule has 6 rings (SSSR count). The minimum atomic E-state index is 0.0615. The van der Waals surface area contributed by atoms with E-state index in [1.165, 1.54) is 37.7 Å². The highest BCUT2D eigenvalue weighted by Gasteiger charge is 2.67. The molecule has 20 heavy (non-hydrogen) atoms. The highest BCUT2D eigenvalue weighted by Crippen LogP contribution is 2.69. The van der Waals surface area contributed by atoms with Crippen molar-refractivity contribution >= 4 is 5.97 Å². The first-order valence-corrected chi connectivity index (χ1v) is 7.94. The number of rotatable bonds is 1. The third-order valence-electron chi connectivity index (χ3n) is 6.53.